The zero-order chi connectivity index (χ0) is 11.4. The van der Waals surface area contributed by atoms with Gasteiger partial charge in [0.15, 0.2) is 0 Å². The second-order valence-corrected chi connectivity index (χ2v) is 5.80. The molecule has 1 fully saturated rings. The molecule has 1 saturated heterocycles. The molecule has 16 heavy (non-hydrogen) atoms. The Morgan fingerprint density at radius 2 is 2.31 bits per heavy atom. The Kier molecular flexibility index (Phi) is 4.32. The summed E-state index contributed by atoms with van der Waals surface area (Å²) in [6.07, 6.45) is 4.32. The Morgan fingerprint density at radius 1 is 1.56 bits per heavy atom. The highest BCUT2D eigenvalue weighted by Crippen LogP contribution is 2.19. The minimum atomic E-state index is 0.563. The molecule has 0 aromatic carbocycles. The van der Waals surface area contributed by atoms with Crippen LogP contribution in [0.2, 0.25) is 0 Å². The molecule has 2 heterocycles. The monoisotopic (exact) mass is 240 g/mol. The van der Waals surface area contributed by atoms with Gasteiger partial charge in [-0.25, -0.2) is 4.98 Å². The molecule has 1 unspecified atom stereocenters. The van der Waals surface area contributed by atoms with E-state index in [1.165, 1.54) is 22.7 Å². The molecule has 2 rings (SSSR count). The fourth-order valence-electron chi connectivity index (χ4n) is 2.11. The molecule has 1 aliphatic heterocycles. The molecule has 1 aliphatic rings. The maximum Gasteiger partial charge on any atom is 0.107 e. The van der Waals surface area contributed by atoms with Gasteiger partial charge >= 0.3 is 0 Å². The van der Waals surface area contributed by atoms with Crippen LogP contribution < -0.4 is 5.32 Å². The van der Waals surface area contributed by atoms with Crippen LogP contribution in [0.3, 0.4) is 0 Å². The van der Waals surface area contributed by atoms with Crippen molar-refractivity contribution in [2.75, 3.05) is 13.2 Å². The summed E-state index contributed by atoms with van der Waals surface area (Å²) in [5, 5.41) is 4.77. The highest BCUT2D eigenvalue weighted by Gasteiger charge is 2.20. The van der Waals surface area contributed by atoms with Gasteiger partial charge in [-0.05, 0) is 32.6 Å². The van der Waals surface area contributed by atoms with Crippen LogP contribution in [0.5, 0.6) is 0 Å². The Labute approximate surface area is 101 Å². The lowest BCUT2D eigenvalue weighted by Gasteiger charge is -2.28. The largest absolute Gasteiger partial charge is 0.381 e. The Bertz CT molecular complexity index is 321. The zero-order valence-corrected chi connectivity index (χ0v) is 10.8. The van der Waals surface area contributed by atoms with E-state index in [0.717, 1.165) is 25.7 Å². The molecule has 0 bridgehead atoms. The molecule has 0 amide bonds. The lowest BCUT2D eigenvalue weighted by molar-refractivity contribution is 0.0558. The predicted molar refractivity (Wildman–Crippen MR) is 66.7 cm³/mol. The van der Waals surface area contributed by atoms with Crippen LogP contribution in [0.25, 0.3) is 0 Å². The van der Waals surface area contributed by atoms with E-state index in [9.17, 15) is 0 Å². The van der Waals surface area contributed by atoms with Crippen LogP contribution in [0.4, 0.5) is 0 Å². The highest BCUT2D eigenvalue weighted by atomic mass is 32.1. The van der Waals surface area contributed by atoms with Gasteiger partial charge in [0.05, 0.1) is 0 Å². The summed E-state index contributed by atoms with van der Waals surface area (Å²) in [6.45, 7) is 7.12. The van der Waals surface area contributed by atoms with Crippen molar-refractivity contribution >= 4 is 11.3 Å². The van der Waals surface area contributed by atoms with E-state index in [-0.39, 0.29) is 0 Å². The smallest absolute Gasteiger partial charge is 0.107 e. The molecule has 0 radical (unpaired) electrons. The van der Waals surface area contributed by atoms with Crippen LogP contribution in [0.1, 0.15) is 29.7 Å². The first-order chi connectivity index (χ1) is 7.75. The lowest BCUT2D eigenvalue weighted by atomic mass is 9.93. The Morgan fingerprint density at radius 3 is 2.94 bits per heavy atom. The van der Waals surface area contributed by atoms with Gasteiger partial charge in [0.1, 0.15) is 5.01 Å². The third kappa shape index (κ3) is 3.27. The maximum absolute atomic E-state index is 5.38. The van der Waals surface area contributed by atoms with Crippen molar-refractivity contribution < 1.29 is 4.74 Å². The highest BCUT2D eigenvalue weighted by molar-refractivity contribution is 7.11. The number of rotatable bonds is 4. The number of aryl methyl sites for hydroxylation is 1. The number of hydrogen-bond acceptors (Lipinski definition) is 4. The van der Waals surface area contributed by atoms with E-state index in [1.54, 1.807) is 11.3 Å². The van der Waals surface area contributed by atoms with Gasteiger partial charge in [0.25, 0.3) is 0 Å². The van der Waals surface area contributed by atoms with E-state index in [2.05, 4.69) is 24.1 Å². The first kappa shape index (κ1) is 12.0. The van der Waals surface area contributed by atoms with Crippen molar-refractivity contribution in [3.05, 3.63) is 16.1 Å². The first-order valence-corrected chi connectivity index (χ1v) is 6.80. The average Bonchev–Trinajstić information content (AvgIpc) is 2.73. The number of thiazole rings is 1. The number of ether oxygens (including phenoxy) is 1. The molecular formula is C12H20N2OS. The van der Waals surface area contributed by atoms with Gasteiger partial charge in [-0.3, -0.25) is 0 Å². The number of nitrogens with zero attached hydrogens (tertiary/aromatic N) is 1. The van der Waals surface area contributed by atoms with Gasteiger partial charge in [-0.15, -0.1) is 11.3 Å². The summed E-state index contributed by atoms with van der Waals surface area (Å²) >= 11 is 1.78. The standard InChI is InChI=1S/C12H20N2OS/c1-9-7-14-12(16-9)8-13-10(2)11-3-5-15-6-4-11/h7,10-11,13H,3-6,8H2,1-2H3. The third-order valence-corrected chi connectivity index (χ3v) is 4.13. The molecule has 90 valence electrons. The minimum absolute atomic E-state index is 0.563. The Balaban J connectivity index is 1.76. The molecular weight excluding hydrogens is 220 g/mol. The molecule has 1 aromatic rings. The van der Waals surface area contributed by atoms with Crippen LogP contribution >= 0.6 is 11.3 Å². The molecule has 0 aliphatic carbocycles. The second-order valence-electron chi connectivity index (χ2n) is 4.48. The molecule has 1 N–H and O–H groups in total. The summed E-state index contributed by atoms with van der Waals surface area (Å²) in [4.78, 5) is 5.65. The molecule has 0 saturated carbocycles. The van der Waals surface area contributed by atoms with E-state index < -0.39 is 0 Å². The average molecular weight is 240 g/mol. The van der Waals surface area contributed by atoms with Crippen molar-refractivity contribution in [3.63, 3.8) is 0 Å². The van der Waals surface area contributed by atoms with E-state index in [4.69, 9.17) is 4.74 Å². The number of nitrogens with one attached hydrogen (secondary N) is 1. The predicted octanol–water partition coefficient (Wildman–Crippen LogP) is 2.36. The number of hydrogen-bond donors (Lipinski definition) is 1. The third-order valence-electron chi connectivity index (χ3n) is 3.22. The normalized spacial score (nSPS) is 19.9. The van der Waals surface area contributed by atoms with Gasteiger partial charge < -0.3 is 10.1 Å². The topological polar surface area (TPSA) is 34.2 Å². The summed E-state index contributed by atoms with van der Waals surface area (Å²) in [5.74, 6) is 0.759. The number of aromatic nitrogens is 1. The first-order valence-electron chi connectivity index (χ1n) is 5.98. The second kappa shape index (κ2) is 5.75. The summed E-state index contributed by atoms with van der Waals surface area (Å²) in [6, 6.07) is 0.563. The van der Waals surface area contributed by atoms with Crippen molar-refractivity contribution in [2.24, 2.45) is 5.92 Å². The molecule has 1 atom stereocenters. The molecule has 4 heteroatoms. The summed E-state index contributed by atoms with van der Waals surface area (Å²) in [5.41, 5.74) is 0. The van der Waals surface area contributed by atoms with Crippen molar-refractivity contribution in [1.29, 1.82) is 0 Å². The summed E-state index contributed by atoms with van der Waals surface area (Å²) in [7, 11) is 0. The van der Waals surface area contributed by atoms with Gasteiger partial charge in [0, 0.05) is 36.9 Å². The Hall–Kier alpha value is -0.450. The SMILES string of the molecule is Cc1cnc(CNC(C)C2CCOCC2)s1. The van der Waals surface area contributed by atoms with Gasteiger partial charge in [-0.1, -0.05) is 0 Å². The molecule has 0 spiro atoms. The fourth-order valence-corrected chi connectivity index (χ4v) is 2.85. The zero-order valence-electron chi connectivity index (χ0n) is 10.0. The molecule has 1 aromatic heterocycles. The fraction of sp³-hybridized carbons (Fsp3) is 0.750. The van der Waals surface area contributed by atoms with Crippen LogP contribution in [-0.4, -0.2) is 24.2 Å². The van der Waals surface area contributed by atoms with Crippen LogP contribution in [0.15, 0.2) is 6.20 Å². The van der Waals surface area contributed by atoms with E-state index in [0.29, 0.717) is 6.04 Å². The summed E-state index contributed by atoms with van der Waals surface area (Å²) < 4.78 is 5.38. The van der Waals surface area contributed by atoms with Crippen molar-refractivity contribution in [2.45, 2.75) is 39.3 Å². The van der Waals surface area contributed by atoms with E-state index >= 15 is 0 Å². The van der Waals surface area contributed by atoms with Crippen molar-refractivity contribution in [3.8, 4) is 0 Å². The van der Waals surface area contributed by atoms with E-state index in [1.807, 2.05) is 6.20 Å². The maximum atomic E-state index is 5.38. The van der Waals surface area contributed by atoms with Crippen molar-refractivity contribution in [1.82, 2.24) is 10.3 Å². The lowest BCUT2D eigenvalue weighted by Crippen LogP contribution is -2.36. The van der Waals surface area contributed by atoms with Crippen LogP contribution in [-0.2, 0) is 11.3 Å². The quantitative estimate of drug-likeness (QED) is 0.877. The van der Waals surface area contributed by atoms with Gasteiger partial charge in [-0.2, -0.15) is 0 Å². The van der Waals surface area contributed by atoms with Crippen LogP contribution in [0, 0.1) is 12.8 Å². The van der Waals surface area contributed by atoms with Gasteiger partial charge in [0.2, 0.25) is 0 Å². The molecule has 3 nitrogen and oxygen atoms in total. The minimum Gasteiger partial charge on any atom is -0.381 e.